The number of nitrogens with zero attached hydrogens (tertiary/aromatic N) is 1. The Morgan fingerprint density at radius 3 is 2.53 bits per heavy atom. The highest BCUT2D eigenvalue weighted by molar-refractivity contribution is 9.10. The van der Waals surface area contributed by atoms with Gasteiger partial charge in [-0.1, -0.05) is 22.0 Å². The molecule has 158 valence electrons. The standard InChI is InChI=1S/C20H16BrF3N2O4/c21-14-4-6-16(7-5-14)26-10-12(8-18(26)28)19(29)30-11-17(27)25-15-3-1-2-13(9-15)20(22,23)24/h1-7,9,12H,8,10-11H2,(H,25,27)/t12-/m1/s1. The predicted molar refractivity (Wildman–Crippen MR) is 106 cm³/mol. The van der Waals surface area contributed by atoms with E-state index in [2.05, 4.69) is 21.2 Å². The topological polar surface area (TPSA) is 75.7 Å². The molecule has 0 bridgehead atoms. The zero-order valence-electron chi connectivity index (χ0n) is 15.4. The van der Waals surface area contributed by atoms with Crippen LogP contribution < -0.4 is 10.2 Å². The van der Waals surface area contributed by atoms with E-state index in [4.69, 9.17) is 4.74 Å². The van der Waals surface area contributed by atoms with Crippen LogP contribution in [-0.4, -0.2) is 30.9 Å². The molecule has 1 atom stereocenters. The lowest BCUT2D eigenvalue weighted by atomic mass is 10.1. The maximum Gasteiger partial charge on any atom is 0.416 e. The molecule has 2 aromatic carbocycles. The lowest BCUT2D eigenvalue weighted by molar-refractivity contribution is -0.151. The van der Waals surface area contributed by atoms with Crippen molar-refractivity contribution in [1.82, 2.24) is 0 Å². The van der Waals surface area contributed by atoms with E-state index < -0.39 is 36.1 Å². The quantitative estimate of drug-likeness (QED) is 0.650. The number of rotatable bonds is 5. The Kier molecular flexibility index (Phi) is 6.45. The summed E-state index contributed by atoms with van der Waals surface area (Å²) in [6, 6.07) is 11.1. The largest absolute Gasteiger partial charge is 0.455 e. The number of hydrogen-bond acceptors (Lipinski definition) is 4. The molecule has 0 radical (unpaired) electrons. The van der Waals surface area contributed by atoms with Crippen molar-refractivity contribution in [3.8, 4) is 0 Å². The molecule has 0 saturated carbocycles. The number of hydrogen-bond donors (Lipinski definition) is 1. The Morgan fingerprint density at radius 1 is 1.17 bits per heavy atom. The Labute approximate surface area is 178 Å². The second-order valence-corrected chi connectivity index (χ2v) is 7.53. The van der Waals surface area contributed by atoms with Gasteiger partial charge in [0, 0.05) is 28.8 Å². The van der Waals surface area contributed by atoms with Crippen LogP contribution in [0, 0.1) is 5.92 Å². The number of halogens is 4. The van der Waals surface area contributed by atoms with Crippen molar-refractivity contribution >= 4 is 45.1 Å². The minimum Gasteiger partial charge on any atom is -0.455 e. The average Bonchev–Trinajstić information content (AvgIpc) is 3.08. The molecule has 30 heavy (non-hydrogen) atoms. The van der Waals surface area contributed by atoms with Gasteiger partial charge in [-0.3, -0.25) is 14.4 Å². The highest BCUT2D eigenvalue weighted by Gasteiger charge is 2.36. The van der Waals surface area contributed by atoms with Crippen LogP contribution in [-0.2, 0) is 25.3 Å². The van der Waals surface area contributed by atoms with Crippen molar-refractivity contribution in [3.05, 3.63) is 58.6 Å². The first kappa shape index (κ1) is 21.8. The van der Waals surface area contributed by atoms with Crippen molar-refractivity contribution < 1.29 is 32.3 Å². The maximum atomic E-state index is 12.7. The highest BCUT2D eigenvalue weighted by atomic mass is 79.9. The van der Waals surface area contributed by atoms with Crippen LogP contribution in [0.2, 0.25) is 0 Å². The minimum atomic E-state index is -4.54. The van der Waals surface area contributed by atoms with E-state index in [1.54, 1.807) is 24.3 Å². The van der Waals surface area contributed by atoms with Crippen LogP contribution in [0.1, 0.15) is 12.0 Å². The van der Waals surface area contributed by atoms with Crippen molar-refractivity contribution in [1.29, 1.82) is 0 Å². The Balaban J connectivity index is 1.52. The summed E-state index contributed by atoms with van der Waals surface area (Å²) in [6.07, 6.45) is -4.59. The summed E-state index contributed by atoms with van der Waals surface area (Å²) in [5.41, 5.74) is -0.334. The molecule has 1 aliphatic rings. The summed E-state index contributed by atoms with van der Waals surface area (Å²) in [6.45, 7) is -0.549. The highest BCUT2D eigenvalue weighted by Crippen LogP contribution is 2.31. The van der Waals surface area contributed by atoms with Crippen LogP contribution in [0.5, 0.6) is 0 Å². The fourth-order valence-corrected chi connectivity index (χ4v) is 3.23. The molecule has 10 heteroatoms. The van der Waals surface area contributed by atoms with Gasteiger partial charge in [0.1, 0.15) is 0 Å². The zero-order valence-corrected chi connectivity index (χ0v) is 17.0. The van der Waals surface area contributed by atoms with Gasteiger partial charge < -0.3 is 15.0 Å². The van der Waals surface area contributed by atoms with Crippen LogP contribution in [0.4, 0.5) is 24.5 Å². The monoisotopic (exact) mass is 484 g/mol. The molecule has 1 N–H and O–H groups in total. The van der Waals surface area contributed by atoms with Gasteiger partial charge in [-0.05, 0) is 42.5 Å². The van der Waals surface area contributed by atoms with Gasteiger partial charge in [0.2, 0.25) is 5.91 Å². The van der Waals surface area contributed by atoms with Crippen molar-refractivity contribution in [3.63, 3.8) is 0 Å². The number of esters is 1. The van der Waals surface area contributed by atoms with E-state index in [0.717, 1.165) is 22.7 Å². The van der Waals surface area contributed by atoms with E-state index in [9.17, 15) is 27.6 Å². The molecule has 0 aliphatic carbocycles. The molecule has 0 unspecified atom stereocenters. The number of alkyl halides is 3. The van der Waals surface area contributed by atoms with Gasteiger partial charge in [-0.15, -0.1) is 0 Å². The normalized spacial score (nSPS) is 16.5. The number of carbonyl (C=O) groups is 3. The lowest BCUT2D eigenvalue weighted by Gasteiger charge is -2.16. The molecule has 6 nitrogen and oxygen atoms in total. The molecule has 1 saturated heterocycles. The molecular weight excluding hydrogens is 469 g/mol. The number of ether oxygens (including phenoxy) is 1. The summed E-state index contributed by atoms with van der Waals surface area (Å²) in [4.78, 5) is 37.8. The van der Waals surface area contributed by atoms with Crippen LogP contribution in [0.25, 0.3) is 0 Å². The predicted octanol–water partition coefficient (Wildman–Crippen LogP) is 4.00. The van der Waals surface area contributed by atoms with E-state index in [1.165, 1.54) is 11.0 Å². The smallest absolute Gasteiger partial charge is 0.416 e. The van der Waals surface area contributed by atoms with Crippen molar-refractivity contribution in [2.24, 2.45) is 5.92 Å². The van der Waals surface area contributed by atoms with E-state index in [0.29, 0.717) is 5.69 Å². The average molecular weight is 485 g/mol. The zero-order chi connectivity index (χ0) is 21.9. The van der Waals surface area contributed by atoms with Gasteiger partial charge in [-0.2, -0.15) is 13.2 Å². The summed E-state index contributed by atoms with van der Waals surface area (Å²) < 4.78 is 44.0. The minimum absolute atomic E-state index is 0.0514. The Hall–Kier alpha value is -2.88. The first-order valence-corrected chi connectivity index (χ1v) is 9.62. The molecular formula is C20H16BrF3N2O4. The van der Waals surface area contributed by atoms with Crippen molar-refractivity contribution in [2.45, 2.75) is 12.6 Å². The van der Waals surface area contributed by atoms with Crippen LogP contribution >= 0.6 is 15.9 Å². The third-order valence-corrected chi connectivity index (χ3v) is 4.94. The summed E-state index contributed by atoms with van der Waals surface area (Å²) >= 11 is 3.30. The number of amides is 2. The number of benzene rings is 2. The van der Waals surface area contributed by atoms with Crippen LogP contribution in [0.15, 0.2) is 53.0 Å². The Morgan fingerprint density at radius 2 is 1.87 bits per heavy atom. The first-order valence-electron chi connectivity index (χ1n) is 8.83. The third-order valence-electron chi connectivity index (χ3n) is 4.42. The first-order chi connectivity index (χ1) is 14.1. The Bertz CT molecular complexity index is 963. The molecule has 1 heterocycles. The van der Waals surface area contributed by atoms with Gasteiger partial charge >= 0.3 is 12.1 Å². The van der Waals surface area contributed by atoms with Crippen molar-refractivity contribution in [2.75, 3.05) is 23.4 Å². The molecule has 2 amide bonds. The SMILES string of the molecule is O=C(COC(=O)[C@@H]1CC(=O)N(c2ccc(Br)cc2)C1)Nc1cccc(C(F)(F)F)c1. The van der Waals surface area contributed by atoms with E-state index in [-0.39, 0.29) is 24.6 Å². The fraction of sp³-hybridized carbons (Fsp3) is 0.250. The summed E-state index contributed by atoms with van der Waals surface area (Å²) in [5, 5.41) is 2.25. The molecule has 1 fully saturated rings. The van der Waals surface area contributed by atoms with Gasteiger partial charge in [-0.25, -0.2) is 0 Å². The third kappa shape index (κ3) is 5.38. The molecule has 0 spiro atoms. The molecule has 0 aromatic heterocycles. The molecule has 2 aromatic rings. The summed E-state index contributed by atoms with van der Waals surface area (Å²) in [7, 11) is 0. The van der Waals surface area contributed by atoms with Gasteiger partial charge in [0.25, 0.3) is 5.91 Å². The number of carbonyl (C=O) groups excluding carboxylic acids is 3. The summed E-state index contributed by atoms with van der Waals surface area (Å²) in [5.74, 6) is -2.48. The van der Waals surface area contributed by atoms with Gasteiger partial charge in [0.05, 0.1) is 11.5 Å². The van der Waals surface area contributed by atoms with E-state index >= 15 is 0 Å². The molecule has 3 rings (SSSR count). The lowest BCUT2D eigenvalue weighted by Crippen LogP contribution is -2.28. The second kappa shape index (κ2) is 8.86. The van der Waals surface area contributed by atoms with E-state index in [1.807, 2.05) is 0 Å². The fourth-order valence-electron chi connectivity index (χ4n) is 2.96. The van der Waals surface area contributed by atoms with Gasteiger partial charge in [0.15, 0.2) is 6.61 Å². The number of anilines is 2. The molecule has 1 aliphatic heterocycles. The maximum absolute atomic E-state index is 12.7. The number of nitrogens with one attached hydrogen (secondary N) is 1. The second-order valence-electron chi connectivity index (χ2n) is 6.62. The van der Waals surface area contributed by atoms with Crippen LogP contribution in [0.3, 0.4) is 0 Å².